The summed E-state index contributed by atoms with van der Waals surface area (Å²) in [6, 6.07) is 24.8. The Kier molecular flexibility index (Phi) is 15.2. The van der Waals surface area contributed by atoms with Crippen LogP contribution in [0.3, 0.4) is 0 Å². The van der Waals surface area contributed by atoms with Gasteiger partial charge in [-0.1, -0.05) is 67.6 Å². The lowest BCUT2D eigenvalue weighted by Crippen LogP contribution is -2.14. The number of hydrogen-bond donors (Lipinski definition) is 0. The van der Waals surface area contributed by atoms with Crippen LogP contribution in [0.4, 0.5) is 39.5 Å². The minimum absolute atomic E-state index is 0.0158. The molecule has 12 heteroatoms. The van der Waals surface area contributed by atoms with Gasteiger partial charge in [-0.25, -0.2) is 22.0 Å². The first kappa shape index (κ1) is 46.6. The molecule has 63 heavy (non-hydrogen) atoms. The standard InChI is InChI=1S/C51H47F9O3/c1-5-61-43-25-24-42(49(56)50(43)57)39-22-15-35(32(4)46(39)53)13-7-33-9-17-37(18-10-33)62-28-26-30(2)27-29-63-38-19-11-34(12-20-38)8-14-36-16-23-40(47(54)44(36)51(58,59)60)41-21-6-31(3)45(52)48(41)55/h6,9-12,15-25,30H,5,7-8,13-14,26-29H2,1-4H3. The van der Waals surface area contributed by atoms with E-state index in [0.717, 1.165) is 42.2 Å². The quantitative estimate of drug-likeness (QED) is 0.0805. The van der Waals surface area contributed by atoms with Crippen LogP contribution in [-0.2, 0) is 31.9 Å². The zero-order valence-corrected chi connectivity index (χ0v) is 35.3. The number of rotatable bonds is 18. The molecule has 6 aromatic carbocycles. The van der Waals surface area contributed by atoms with Crippen LogP contribution in [0.1, 0.15) is 65.6 Å². The molecule has 0 aliphatic heterocycles. The zero-order valence-electron chi connectivity index (χ0n) is 35.3. The predicted molar refractivity (Wildman–Crippen MR) is 226 cm³/mol. The highest BCUT2D eigenvalue weighted by atomic mass is 19.4. The number of hydrogen-bond acceptors (Lipinski definition) is 3. The van der Waals surface area contributed by atoms with Crippen molar-refractivity contribution in [1.29, 1.82) is 0 Å². The molecule has 0 bridgehead atoms. The third kappa shape index (κ3) is 11.2. The summed E-state index contributed by atoms with van der Waals surface area (Å²) in [5, 5.41) is 0. The molecule has 1 unspecified atom stereocenters. The summed E-state index contributed by atoms with van der Waals surface area (Å²) in [7, 11) is 0. The molecule has 1 atom stereocenters. The Bertz CT molecular complexity index is 2520. The van der Waals surface area contributed by atoms with Gasteiger partial charge >= 0.3 is 6.18 Å². The van der Waals surface area contributed by atoms with E-state index < -0.39 is 57.8 Å². The van der Waals surface area contributed by atoms with Gasteiger partial charge in [0, 0.05) is 22.3 Å². The topological polar surface area (TPSA) is 27.7 Å². The van der Waals surface area contributed by atoms with Crippen molar-refractivity contribution in [2.75, 3.05) is 19.8 Å². The lowest BCUT2D eigenvalue weighted by molar-refractivity contribution is -0.140. The first-order chi connectivity index (χ1) is 30.1. The third-order valence-electron chi connectivity index (χ3n) is 11.2. The Morgan fingerprint density at radius 2 is 0.937 bits per heavy atom. The molecule has 0 radical (unpaired) electrons. The number of aryl methyl sites for hydroxylation is 5. The average Bonchev–Trinajstić information content (AvgIpc) is 3.25. The van der Waals surface area contributed by atoms with Crippen molar-refractivity contribution in [3.8, 4) is 39.5 Å². The monoisotopic (exact) mass is 878 g/mol. The van der Waals surface area contributed by atoms with Crippen LogP contribution in [0.15, 0.2) is 97.1 Å². The zero-order chi connectivity index (χ0) is 45.4. The van der Waals surface area contributed by atoms with Gasteiger partial charge in [0.05, 0.1) is 25.4 Å². The maximum atomic E-state index is 15.4. The summed E-state index contributed by atoms with van der Waals surface area (Å²) in [5.74, 6) is -5.84. The molecule has 0 fully saturated rings. The van der Waals surface area contributed by atoms with Gasteiger partial charge < -0.3 is 14.2 Å². The molecule has 332 valence electrons. The van der Waals surface area contributed by atoms with Gasteiger partial charge in [0.2, 0.25) is 5.82 Å². The fraction of sp³-hybridized carbons (Fsp3) is 0.294. The van der Waals surface area contributed by atoms with Crippen molar-refractivity contribution in [3.05, 3.63) is 171 Å². The van der Waals surface area contributed by atoms with E-state index in [1.165, 1.54) is 31.2 Å². The number of alkyl halides is 3. The molecule has 0 aliphatic carbocycles. The molecular formula is C51H47F9O3. The van der Waals surface area contributed by atoms with Crippen molar-refractivity contribution in [2.24, 2.45) is 5.92 Å². The lowest BCUT2D eigenvalue weighted by Gasteiger charge is -2.17. The van der Waals surface area contributed by atoms with Gasteiger partial charge in [-0.05, 0) is 135 Å². The minimum Gasteiger partial charge on any atom is -0.494 e. The lowest BCUT2D eigenvalue weighted by atomic mass is 9.93. The molecule has 0 spiro atoms. The Balaban J connectivity index is 0.924. The van der Waals surface area contributed by atoms with Gasteiger partial charge in [-0.3, -0.25) is 0 Å². The molecule has 6 rings (SSSR count). The molecule has 0 saturated heterocycles. The number of halogens is 9. The first-order valence-corrected chi connectivity index (χ1v) is 20.7. The van der Waals surface area contributed by atoms with E-state index in [1.54, 1.807) is 44.2 Å². The molecule has 6 aromatic rings. The largest absolute Gasteiger partial charge is 0.494 e. The number of benzene rings is 6. The normalized spacial score (nSPS) is 12.1. The SMILES string of the molecule is CCOc1ccc(-c2ccc(CCc3ccc(OCCC(C)CCOc4ccc(CCc5ccc(-c6ccc(C)c(F)c6F)c(F)c5C(F)(F)F)cc4)cc3)c(C)c2F)c(F)c1F. The summed E-state index contributed by atoms with van der Waals surface area (Å²) in [6.07, 6.45) is -2.32. The summed E-state index contributed by atoms with van der Waals surface area (Å²) < 4.78 is 148. The van der Waals surface area contributed by atoms with Crippen LogP contribution >= 0.6 is 0 Å². The van der Waals surface area contributed by atoms with Gasteiger partial charge in [0.25, 0.3) is 0 Å². The van der Waals surface area contributed by atoms with Gasteiger partial charge in [-0.15, -0.1) is 0 Å². The van der Waals surface area contributed by atoms with Crippen LogP contribution in [0, 0.1) is 54.7 Å². The molecule has 0 aromatic heterocycles. The van der Waals surface area contributed by atoms with Crippen LogP contribution in [0.5, 0.6) is 17.2 Å². The Morgan fingerprint density at radius 1 is 0.476 bits per heavy atom. The van der Waals surface area contributed by atoms with E-state index >= 15 is 8.78 Å². The molecule has 0 aliphatic rings. The fourth-order valence-electron chi connectivity index (χ4n) is 7.37. The van der Waals surface area contributed by atoms with E-state index in [9.17, 15) is 30.7 Å². The number of ether oxygens (including phenoxy) is 3. The Labute approximate surface area is 361 Å². The smallest absolute Gasteiger partial charge is 0.419 e. The van der Waals surface area contributed by atoms with Gasteiger partial charge in [0.1, 0.15) is 23.1 Å². The molecule has 0 N–H and O–H groups in total. The van der Waals surface area contributed by atoms with Crippen molar-refractivity contribution in [2.45, 2.75) is 72.4 Å². The highest BCUT2D eigenvalue weighted by Gasteiger charge is 2.38. The van der Waals surface area contributed by atoms with Crippen LogP contribution in [0.2, 0.25) is 0 Å². The maximum Gasteiger partial charge on any atom is 0.419 e. The van der Waals surface area contributed by atoms with E-state index in [4.69, 9.17) is 14.2 Å². The third-order valence-corrected chi connectivity index (χ3v) is 11.2. The summed E-state index contributed by atoms with van der Waals surface area (Å²) in [4.78, 5) is 0. The summed E-state index contributed by atoms with van der Waals surface area (Å²) >= 11 is 0. The average molecular weight is 879 g/mol. The van der Waals surface area contributed by atoms with Gasteiger partial charge in [0.15, 0.2) is 23.2 Å². The van der Waals surface area contributed by atoms with E-state index in [1.807, 2.05) is 24.3 Å². The predicted octanol–water partition coefficient (Wildman–Crippen LogP) is 14.3. The molecule has 0 saturated carbocycles. The van der Waals surface area contributed by atoms with Crippen LogP contribution < -0.4 is 14.2 Å². The van der Waals surface area contributed by atoms with Crippen LogP contribution in [-0.4, -0.2) is 19.8 Å². The van der Waals surface area contributed by atoms with E-state index in [0.29, 0.717) is 48.7 Å². The minimum atomic E-state index is -5.06. The van der Waals surface area contributed by atoms with Gasteiger partial charge in [-0.2, -0.15) is 17.6 Å². The maximum absolute atomic E-state index is 15.4. The van der Waals surface area contributed by atoms with E-state index in [2.05, 4.69) is 6.92 Å². The molecule has 0 heterocycles. The molecule has 3 nitrogen and oxygen atoms in total. The molecular weight excluding hydrogens is 832 g/mol. The van der Waals surface area contributed by atoms with Crippen molar-refractivity contribution >= 4 is 0 Å². The molecule has 0 amide bonds. The van der Waals surface area contributed by atoms with E-state index in [-0.39, 0.29) is 53.4 Å². The Hall–Kier alpha value is -5.91. The second kappa shape index (κ2) is 20.5. The summed E-state index contributed by atoms with van der Waals surface area (Å²) in [5.41, 5.74) is -0.393. The second-order valence-electron chi connectivity index (χ2n) is 15.6. The van der Waals surface area contributed by atoms with Crippen molar-refractivity contribution in [1.82, 2.24) is 0 Å². The fourth-order valence-corrected chi connectivity index (χ4v) is 7.37. The second-order valence-corrected chi connectivity index (χ2v) is 15.6. The highest BCUT2D eigenvalue weighted by molar-refractivity contribution is 5.69. The van der Waals surface area contributed by atoms with Crippen molar-refractivity contribution in [3.63, 3.8) is 0 Å². The first-order valence-electron chi connectivity index (χ1n) is 20.7. The van der Waals surface area contributed by atoms with Crippen molar-refractivity contribution < 1.29 is 53.7 Å². The van der Waals surface area contributed by atoms with Crippen LogP contribution in [0.25, 0.3) is 22.3 Å². The summed E-state index contributed by atoms with van der Waals surface area (Å²) in [6.45, 7) is 7.77. The Morgan fingerprint density at radius 3 is 1.48 bits per heavy atom. The highest BCUT2D eigenvalue weighted by Crippen LogP contribution is 2.40.